The van der Waals surface area contributed by atoms with Gasteiger partial charge in [-0.15, -0.1) is 5.10 Å². The van der Waals surface area contributed by atoms with E-state index in [1.54, 1.807) is 27.7 Å². The van der Waals surface area contributed by atoms with Gasteiger partial charge in [0.1, 0.15) is 12.1 Å². The number of hydrogen-bond donors (Lipinski definition) is 2. The van der Waals surface area contributed by atoms with Crippen LogP contribution in [0, 0.1) is 11.8 Å². The largest absolute Gasteiger partial charge is 0.453 e. The minimum absolute atomic E-state index is 0.160. The zero-order valence-corrected chi connectivity index (χ0v) is 22.4. The van der Waals surface area contributed by atoms with Gasteiger partial charge in [0.2, 0.25) is 17.6 Å². The molecule has 1 aliphatic rings. The van der Waals surface area contributed by atoms with Crippen molar-refractivity contribution in [2.75, 3.05) is 13.7 Å². The summed E-state index contributed by atoms with van der Waals surface area (Å²) in [6.07, 6.45) is 0.261. The van der Waals surface area contributed by atoms with Gasteiger partial charge in [0.25, 0.3) is 5.89 Å². The molecule has 3 atom stereocenters. The van der Waals surface area contributed by atoms with Crippen LogP contribution in [0.3, 0.4) is 0 Å². The number of carbonyl (C=O) groups excluding carboxylic acids is 4. The molecule has 0 aliphatic carbocycles. The van der Waals surface area contributed by atoms with Crippen LogP contribution in [0.5, 0.6) is 0 Å². The van der Waals surface area contributed by atoms with E-state index in [0.717, 1.165) is 10.2 Å². The third kappa shape index (κ3) is 6.64. The van der Waals surface area contributed by atoms with Crippen molar-refractivity contribution in [1.29, 1.82) is 0 Å². The van der Waals surface area contributed by atoms with Crippen molar-refractivity contribution in [3.8, 4) is 0 Å². The molecule has 1 fully saturated rings. The molecular weight excluding hydrogens is 502 g/mol. The molecule has 2 aromatic rings. The Morgan fingerprint density at radius 1 is 1.16 bits per heavy atom. The fraction of sp³-hybridized carbons (Fsp3) is 0.583. The lowest BCUT2D eigenvalue weighted by atomic mass is 9.98. The van der Waals surface area contributed by atoms with Crippen LogP contribution >= 0.6 is 11.3 Å². The Morgan fingerprint density at radius 3 is 2.46 bits per heavy atom. The van der Waals surface area contributed by atoms with Crippen LogP contribution < -0.4 is 16.4 Å². The Labute approximate surface area is 218 Å². The van der Waals surface area contributed by atoms with Gasteiger partial charge in [0.15, 0.2) is 0 Å². The first kappa shape index (κ1) is 28.1. The molecule has 13 heteroatoms. The molecule has 0 bridgehead atoms. The summed E-state index contributed by atoms with van der Waals surface area (Å²) < 4.78 is 10.8. The van der Waals surface area contributed by atoms with E-state index in [1.807, 2.05) is 16.8 Å². The van der Waals surface area contributed by atoms with Crippen LogP contribution in [0.15, 0.2) is 26.0 Å². The molecule has 2 N–H and O–H groups in total. The van der Waals surface area contributed by atoms with Crippen LogP contribution in [-0.2, 0) is 20.9 Å². The highest BCUT2D eigenvalue weighted by molar-refractivity contribution is 7.07. The van der Waals surface area contributed by atoms with E-state index in [1.165, 1.54) is 23.3 Å². The Hall–Kier alpha value is -3.48. The number of rotatable bonds is 10. The molecule has 1 aliphatic heterocycles. The third-order valence-corrected chi connectivity index (χ3v) is 6.94. The summed E-state index contributed by atoms with van der Waals surface area (Å²) in [5.41, 5.74) is 0.848. The number of methoxy groups -OCH3 is 1. The standard InChI is InChI=1S/C24H33N5O7S/c1-13(2)17(19(30)21-27-29(24(34)36-21)11-15-8-10-37-12-15)25-20(31)16-7-6-9-28(16)22(32)18(14(3)4)26-23(33)35-5/h8,10,12-14,16-18H,6-7,9,11H2,1-5H3,(H,25,31)(H,26,33)/t16-,17-,18-/m0/s1. The lowest BCUT2D eigenvalue weighted by molar-refractivity contribution is -0.141. The van der Waals surface area contributed by atoms with Gasteiger partial charge in [-0.1, -0.05) is 27.7 Å². The lowest BCUT2D eigenvalue weighted by Crippen LogP contribution is -2.57. The molecule has 3 heterocycles. The highest BCUT2D eigenvalue weighted by atomic mass is 32.1. The fourth-order valence-electron chi connectivity index (χ4n) is 4.16. The van der Waals surface area contributed by atoms with Crippen molar-refractivity contribution in [3.05, 3.63) is 38.8 Å². The Balaban J connectivity index is 1.74. The smallest absolute Gasteiger partial charge is 0.437 e. The van der Waals surface area contributed by atoms with E-state index in [4.69, 9.17) is 4.42 Å². The number of nitrogens with zero attached hydrogens (tertiary/aromatic N) is 3. The molecule has 0 spiro atoms. The number of alkyl carbamates (subject to hydrolysis) is 1. The van der Waals surface area contributed by atoms with Crippen molar-refractivity contribution < 1.29 is 28.3 Å². The molecule has 37 heavy (non-hydrogen) atoms. The zero-order chi connectivity index (χ0) is 27.3. The van der Waals surface area contributed by atoms with E-state index in [0.29, 0.717) is 19.4 Å². The maximum Gasteiger partial charge on any atom is 0.437 e. The molecule has 0 saturated carbocycles. The van der Waals surface area contributed by atoms with Crippen molar-refractivity contribution in [1.82, 2.24) is 25.3 Å². The summed E-state index contributed by atoms with van der Waals surface area (Å²) in [4.78, 5) is 65.1. The number of thiophene rings is 1. The van der Waals surface area contributed by atoms with E-state index in [2.05, 4.69) is 20.5 Å². The summed E-state index contributed by atoms with van der Waals surface area (Å²) in [6, 6.07) is -0.870. The van der Waals surface area contributed by atoms with Gasteiger partial charge >= 0.3 is 11.8 Å². The van der Waals surface area contributed by atoms with Crippen molar-refractivity contribution in [2.24, 2.45) is 11.8 Å². The highest BCUT2D eigenvalue weighted by Crippen LogP contribution is 2.21. The monoisotopic (exact) mass is 535 g/mol. The summed E-state index contributed by atoms with van der Waals surface area (Å²) in [7, 11) is 1.21. The van der Waals surface area contributed by atoms with Gasteiger partial charge < -0.3 is 24.7 Å². The molecule has 0 unspecified atom stereocenters. The van der Waals surface area contributed by atoms with Crippen LogP contribution in [0.2, 0.25) is 0 Å². The molecule has 202 valence electrons. The normalized spacial score (nSPS) is 17.1. The number of likely N-dealkylation sites (tertiary alicyclic amines) is 1. The van der Waals surface area contributed by atoms with E-state index in [-0.39, 0.29) is 24.3 Å². The number of nitrogens with one attached hydrogen (secondary N) is 2. The molecule has 3 rings (SSSR count). The molecule has 1 saturated heterocycles. The number of ketones is 1. The van der Waals surface area contributed by atoms with E-state index in [9.17, 15) is 24.0 Å². The number of carbonyl (C=O) groups is 4. The highest BCUT2D eigenvalue weighted by Gasteiger charge is 2.40. The predicted molar refractivity (Wildman–Crippen MR) is 134 cm³/mol. The van der Waals surface area contributed by atoms with E-state index < -0.39 is 47.6 Å². The molecule has 3 amide bonds. The minimum atomic E-state index is -1.02. The van der Waals surface area contributed by atoms with Gasteiger partial charge in [-0.05, 0) is 47.1 Å². The van der Waals surface area contributed by atoms with Crippen molar-refractivity contribution in [2.45, 2.75) is 65.2 Å². The number of aromatic nitrogens is 2. The number of hydrogen-bond acceptors (Lipinski definition) is 9. The second kappa shape index (κ2) is 12.2. The molecule has 2 aromatic heterocycles. The second-order valence-electron chi connectivity index (χ2n) is 9.60. The first-order valence-corrected chi connectivity index (χ1v) is 13.1. The van der Waals surface area contributed by atoms with Gasteiger partial charge in [-0.3, -0.25) is 14.4 Å². The molecular formula is C24H33N5O7S. The fourth-order valence-corrected chi connectivity index (χ4v) is 4.82. The average Bonchev–Trinajstić information content (AvgIpc) is 3.61. The van der Waals surface area contributed by atoms with Gasteiger partial charge in [-0.25, -0.2) is 9.59 Å². The summed E-state index contributed by atoms with van der Waals surface area (Å²) in [6.45, 7) is 7.55. The van der Waals surface area contributed by atoms with E-state index >= 15 is 0 Å². The molecule has 0 radical (unpaired) electrons. The van der Waals surface area contributed by atoms with Crippen LogP contribution in [0.1, 0.15) is 56.8 Å². The Morgan fingerprint density at radius 2 is 1.86 bits per heavy atom. The van der Waals surface area contributed by atoms with Gasteiger partial charge in [0, 0.05) is 6.54 Å². The third-order valence-electron chi connectivity index (χ3n) is 6.21. The van der Waals surface area contributed by atoms with Crippen LogP contribution in [0.25, 0.3) is 0 Å². The predicted octanol–water partition coefficient (Wildman–Crippen LogP) is 1.64. The number of amides is 3. The molecule has 12 nitrogen and oxygen atoms in total. The quantitative estimate of drug-likeness (QED) is 0.436. The van der Waals surface area contributed by atoms with Crippen LogP contribution in [0.4, 0.5) is 4.79 Å². The van der Waals surface area contributed by atoms with Gasteiger partial charge in [0.05, 0.1) is 19.7 Å². The van der Waals surface area contributed by atoms with Gasteiger partial charge in [-0.2, -0.15) is 16.0 Å². The number of ether oxygens (including phenoxy) is 1. The zero-order valence-electron chi connectivity index (χ0n) is 21.6. The Kier molecular flexibility index (Phi) is 9.24. The summed E-state index contributed by atoms with van der Waals surface area (Å²) in [5.74, 6) is -3.28. The first-order chi connectivity index (χ1) is 17.5. The maximum atomic E-state index is 13.3. The first-order valence-electron chi connectivity index (χ1n) is 12.1. The van der Waals surface area contributed by atoms with Crippen molar-refractivity contribution in [3.63, 3.8) is 0 Å². The maximum absolute atomic E-state index is 13.3. The molecule has 0 aromatic carbocycles. The average molecular weight is 536 g/mol. The second-order valence-corrected chi connectivity index (χ2v) is 10.4. The number of Topliss-reactive ketones (excluding diaryl/α,β-unsaturated/α-hetero) is 1. The Bertz CT molecular complexity index is 1170. The topological polar surface area (TPSA) is 153 Å². The van der Waals surface area contributed by atoms with Crippen LogP contribution in [-0.4, -0.2) is 70.2 Å². The lowest BCUT2D eigenvalue weighted by Gasteiger charge is -2.31. The summed E-state index contributed by atoms with van der Waals surface area (Å²) in [5, 5.41) is 13.0. The van der Waals surface area contributed by atoms with Crippen molar-refractivity contribution >= 4 is 35.0 Å². The summed E-state index contributed by atoms with van der Waals surface area (Å²) >= 11 is 1.47. The SMILES string of the molecule is COC(=O)N[C@H](C(=O)N1CCC[C@H]1C(=O)N[C@H](C(=O)c1nn(Cc2ccsc2)c(=O)o1)C(C)C)C(C)C. The minimum Gasteiger partial charge on any atom is -0.453 e.